The van der Waals surface area contributed by atoms with Crippen molar-refractivity contribution in [3.63, 3.8) is 0 Å². The molecule has 194 valence electrons. The minimum absolute atomic E-state index is 1.07. The molecule has 2 heteroatoms. The topological polar surface area (TPSA) is 24.1 Å². The third-order valence-electron chi connectivity index (χ3n) is 7.36. The van der Waals surface area contributed by atoms with Gasteiger partial charge in [0, 0.05) is 22.7 Å². The fourth-order valence-electron chi connectivity index (χ4n) is 5.09. The van der Waals surface area contributed by atoms with Gasteiger partial charge in [0.25, 0.3) is 0 Å². The van der Waals surface area contributed by atoms with Crippen molar-refractivity contribution in [3.8, 4) is 33.4 Å². The summed E-state index contributed by atoms with van der Waals surface area (Å²) in [5, 5.41) is 7.04. The normalized spacial score (nSPS) is 10.8. The molecule has 6 aromatic carbocycles. The number of benzene rings is 6. The SMILES string of the molecule is Cc1ccccc1-c1ccc(Nc2ccc(-c3ccc(Nc4ccc(-c5ccccc5C)cc4)cc3)cc2)cc1. The molecular formula is C38H32N2. The Morgan fingerprint density at radius 3 is 0.875 bits per heavy atom. The summed E-state index contributed by atoms with van der Waals surface area (Å²) in [5.74, 6) is 0. The molecule has 0 aromatic heterocycles. The predicted octanol–water partition coefficient (Wildman–Crippen LogP) is 10.8. The van der Waals surface area contributed by atoms with Gasteiger partial charge in [-0.05, 0) is 107 Å². The summed E-state index contributed by atoms with van der Waals surface area (Å²) in [5.41, 5.74) is 14.3. The van der Waals surface area contributed by atoms with Crippen molar-refractivity contribution in [2.75, 3.05) is 10.6 Å². The van der Waals surface area contributed by atoms with E-state index in [0.717, 1.165) is 22.7 Å². The molecule has 0 radical (unpaired) electrons. The van der Waals surface area contributed by atoms with E-state index in [0.29, 0.717) is 0 Å². The molecule has 0 unspecified atom stereocenters. The zero-order valence-corrected chi connectivity index (χ0v) is 22.9. The van der Waals surface area contributed by atoms with Crippen LogP contribution in [0.1, 0.15) is 11.1 Å². The van der Waals surface area contributed by atoms with Crippen LogP contribution in [0.5, 0.6) is 0 Å². The van der Waals surface area contributed by atoms with Crippen molar-refractivity contribution < 1.29 is 0 Å². The van der Waals surface area contributed by atoms with Crippen molar-refractivity contribution in [2.24, 2.45) is 0 Å². The van der Waals surface area contributed by atoms with E-state index in [9.17, 15) is 0 Å². The molecule has 0 saturated heterocycles. The van der Waals surface area contributed by atoms with E-state index in [1.54, 1.807) is 0 Å². The van der Waals surface area contributed by atoms with Crippen LogP contribution in [-0.2, 0) is 0 Å². The number of hydrogen-bond donors (Lipinski definition) is 2. The minimum Gasteiger partial charge on any atom is -0.356 e. The predicted molar refractivity (Wildman–Crippen MR) is 172 cm³/mol. The molecule has 0 aliphatic heterocycles. The summed E-state index contributed by atoms with van der Waals surface area (Å²) in [6.45, 7) is 4.30. The lowest BCUT2D eigenvalue weighted by Gasteiger charge is -2.11. The van der Waals surface area contributed by atoms with Crippen LogP contribution >= 0.6 is 0 Å². The summed E-state index contributed by atoms with van der Waals surface area (Å²) in [6, 6.07) is 51.4. The Morgan fingerprint density at radius 1 is 0.300 bits per heavy atom. The molecule has 0 spiro atoms. The van der Waals surface area contributed by atoms with Crippen LogP contribution in [0.3, 0.4) is 0 Å². The molecule has 6 aromatic rings. The van der Waals surface area contributed by atoms with E-state index >= 15 is 0 Å². The second kappa shape index (κ2) is 11.3. The molecule has 0 aliphatic carbocycles. The van der Waals surface area contributed by atoms with E-state index in [2.05, 4.69) is 170 Å². The zero-order valence-electron chi connectivity index (χ0n) is 22.9. The van der Waals surface area contributed by atoms with Gasteiger partial charge >= 0.3 is 0 Å². The van der Waals surface area contributed by atoms with Gasteiger partial charge in [0.05, 0.1) is 0 Å². The summed E-state index contributed by atoms with van der Waals surface area (Å²) in [7, 11) is 0. The van der Waals surface area contributed by atoms with Crippen LogP contribution in [0, 0.1) is 13.8 Å². The highest BCUT2D eigenvalue weighted by atomic mass is 14.9. The van der Waals surface area contributed by atoms with Gasteiger partial charge in [0.1, 0.15) is 0 Å². The van der Waals surface area contributed by atoms with E-state index in [1.165, 1.54) is 44.5 Å². The van der Waals surface area contributed by atoms with Crippen molar-refractivity contribution in [2.45, 2.75) is 13.8 Å². The van der Waals surface area contributed by atoms with Crippen LogP contribution in [0.15, 0.2) is 146 Å². The molecule has 40 heavy (non-hydrogen) atoms. The number of anilines is 4. The average Bonchev–Trinajstić information content (AvgIpc) is 3.00. The quantitative estimate of drug-likeness (QED) is 0.220. The Bertz CT molecular complexity index is 1580. The Kier molecular flexibility index (Phi) is 7.15. The van der Waals surface area contributed by atoms with E-state index in [4.69, 9.17) is 0 Å². The first-order valence-electron chi connectivity index (χ1n) is 13.7. The summed E-state index contributed by atoms with van der Waals surface area (Å²) >= 11 is 0. The molecule has 0 fully saturated rings. The second-order valence-electron chi connectivity index (χ2n) is 10.2. The summed E-state index contributed by atoms with van der Waals surface area (Å²) in [6.07, 6.45) is 0. The molecular weight excluding hydrogens is 484 g/mol. The summed E-state index contributed by atoms with van der Waals surface area (Å²) < 4.78 is 0. The molecule has 0 amide bonds. The number of aryl methyl sites for hydroxylation is 2. The Labute approximate surface area is 237 Å². The lowest BCUT2D eigenvalue weighted by atomic mass is 10.0. The molecule has 0 bridgehead atoms. The number of rotatable bonds is 7. The minimum atomic E-state index is 1.07. The highest BCUT2D eigenvalue weighted by Gasteiger charge is 2.04. The first kappa shape index (κ1) is 25.2. The lowest BCUT2D eigenvalue weighted by Crippen LogP contribution is -1.91. The Balaban J connectivity index is 1.08. The largest absolute Gasteiger partial charge is 0.356 e. The molecule has 2 N–H and O–H groups in total. The van der Waals surface area contributed by atoms with Crippen molar-refractivity contribution >= 4 is 22.7 Å². The second-order valence-corrected chi connectivity index (χ2v) is 10.2. The highest BCUT2D eigenvalue weighted by Crippen LogP contribution is 2.29. The number of nitrogens with one attached hydrogen (secondary N) is 2. The van der Waals surface area contributed by atoms with Gasteiger partial charge in [-0.15, -0.1) is 0 Å². The van der Waals surface area contributed by atoms with Crippen LogP contribution in [-0.4, -0.2) is 0 Å². The zero-order chi connectivity index (χ0) is 27.3. The Hall–Kier alpha value is -5.08. The molecule has 0 aliphatic rings. The van der Waals surface area contributed by atoms with Gasteiger partial charge in [-0.1, -0.05) is 97.1 Å². The maximum Gasteiger partial charge on any atom is 0.0384 e. The van der Waals surface area contributed by atoms with E-state index < -0.39 is 0 Å². The third-order valence-corrected chi connectivity index (χ3v) is 7.36. The first-order chi connectivity index (χ1) is 19.6. The van der Waals surface area contributed by atoms with Gasteiger partial charge in [-0.25, -0.2) is 0 Å². The molecule has 2 nitrogen and oxygen atoms in total. The third kappa shape index (κ3) is 5.67. The monoisotopic (exact) mass is 516 g/mol. The van der Waals surface area contributed by atoms with Gasteiger partial charge in [-0.3, -0.25) is 0 Å². The van der Waals surface area contributed by atoms with Crippen molar-refractivity contribution in [1.82, 2.24) is 0 Å². The Morgan fingerprint density at radius 2 is 0.575 bits per heavy atom. The maximum atomic E-state index is 3.52. The van der Waals surface area contributed by atoms with E-state index in [-0.39, 0.29) is 0 Å². The fraction of sp³-hybridized carbons (Fsp3) is 0.0526. The standard InChI is InChI=1S/C38H32N2/c1-27-7-3-5-9-37(27)31-15-23-35(24-16-31)39-33-19-11-29(12-20-33)30-13-21-34(22-14-30)40-36-25-17-32(18-26-36)38-10-6-4-8-28(38)2/h3-26,39-40H,1-2H3. The fourth-order valence-corrected chi connectivity index (χ4v) is 5.09. The number of hydrogen-bond acceptors (Lipinski definition) is 2. The first-order valence-corrected chi connectivity index (χ1v) is 13.7. The van der Waals surface area contributed by atoms with Crippen LogP contribution in [0.2, 0.25) is 0 Å². The molecule has 0 atom stereocenters. The summed E-state index contributed by atoms with van der Waals surface area (Å²) in [4.78, 5) is 0. The van der Waals surface area contributed by atoms with Gasteiger partial charge < -0.3 is 10.6 Å². The van der Waals surface area contributed by atoms with Crippen molar-refractivity contribution in [1.29, 1.82) is 0 Å². The van der Waals surface area contributed by atoms with Gasteiger partial charge in [0.15, 0.2) is 0 Å². The lowest BCUT2D eigenvalue weighted by molar-refractivity contribution is 1.45. The smallest absolute Gasteiger partial charge is 0.0384 e. The highest BCUT2D eigenvalue weighted by molar-refractivity contribution is 5.74. The molecule has 6 rings (SSSR count). The van der Waals surface area contributed by atoms with Crippen LogP contribution in [0.4, 0.5) is 22.7 Å². The van der Waals surface area contributed by atoms with Crippen LogP contribution < -0.4 is 10.6 Å². The van der Waals surface area contributed by atoms with Gasteiger partial charge in [0.2, 0.25) is 0 Å². The molecule has 0 heterocycles. The maximum absolute atomic E-state index is 3.52. The van der Waals surface area contributed by atoms with Crippen LogP contribution in [0.25, 0.3) is 33.4 Å². The van der Waals surface area contributed by atoms with Crippen molar-refractivity contribution in [3.05, 3.63) is 157 Å². The van der Waals surface area contributed by atoms with E-state index in [1.807, 2.05) is 0 Å². The average molecular weight is 517 g/mol. The molecule has 0 saturated carbocycles. The van der Waals surface area contributed by atoms with Gasteiger partial charge in [-0.2, -0.15) is 0 Å².